The van der Waals surface area contributed by atoms with Crippen molar-refractivity contribution in [2.24, 2.45) is 11.8 Å². The minimum absolute atomic E-state index is 0.0655. The zero-order valence-corrected chi connectivity index (χ0v) is 12.0. The van der Waals surface area contributed by atoms with Gasteiger partial charge in [0, 0.05) is 6.04 Å². The number of aryl methyl sites for hydroxylation is 1. The highest BCUT2D eigenvalue weighted by atomic mass is 16.4. The maximum atomic E-state index is 12.4. The number of benzene rings is 1. The van der Waals surface area contributed by atoms with E-state index in [0.29, 0.717) is 12.8 Å². The fraction of sp³-hybridized carbons (Fsp3) is 0.529. The van der Waals surface area contributed by atoms with Crippen LogP contribution in [0.15, 0.2) is 24.3 Å². The van der Waals surface area contributed by atoms with Gasteiger partial charge < -0.3 is 10.4 Å². The molecule has 1 amide bonds. The van der Waals surface area contributed by atoms with Crippen molar-refractivity contribution < 1.29 is 14.7 Å². The van der Waals surface area contributed by atoms with Crippen molar-refractivity contribution in [1.82, 2.24) is 5.32 Å². The number of carboxylic acid groups (broad SMARTS) is 1. The number of carbonyl (C=O) groups excluding carboxylic acids is 1. The fourth-order valence-electron chi connectivity index (χ4n) is 3.70. The summed E-state index contributed by atoms with van der Waals surface area (Å²) in [4.78, 5) is 23.6. The lowest BCUT2D eigenvalue weighted by molar-refractivity contribution is -0.146. The smallest absolute Gasteiger partial charge is 0.307 e. The molecule has 0 saturated heterocycles. The number of carbonyl (C=O) groups is 2. The Morgan fingerprint density at radius 2 is 1.76 bits per heavy atom. The average molecular weight is 287 g/mol. The maximum Gasteiger partial charge on any atom is 0.307 e. The molecule has 1 fully saturated rings. The quantitative estimate of drug-likeness (QED) is 0.895. The molecule has 2 aliphatic rings. The number of aliphatic carboxylic acids is 1. The predicted octanol–water partition coefficient (Wildman–Crippen LogP) is 2.16. The van der Waals surface area contributed by atoms with Gasteiger partial charge in [0.25, 0.3) is 0 Å². The van der Waals surface area contributed by atoms with Crippen LogP contribution in [0, 0.1) is 11.8 Å². The number of carboxylic acids is 1. The zero-order valence-electron chi connectivity index (χ0n) is 12.0. The first kappa shape index (κ1) is 14.1. The van der Waals surface area contributed by atoms with E-state index >= 15 is 0 Å². The SMILES string of the molecule is O=C(O)C1CCCC1C(=O)NC1CCc2ccccc2C1. The average Bonchev–Trinajstić information content (AvgIpc) is 2.97. The van der Waals surface area contributed by atoms with E-state index in [2.05, 4.69) is 17.4 Å². The van der Waals surface area contributed by atoms with Gasteiger partial charge in [-0.1, -0.05) is 30.7 Å². The third-order valence-corrected chi connectivity index (χ3v) is 4.86. The minimum Gasteiger partial charge on any atom is -0.481 e. The second-order valence-corrected chi connectivity index (χ2v) is 6.20. The second-order valence-electron chi connectivity index (χ2n) is 6.20. The van der Waals surface area contributed by atoms with E-state index in [1.54, 1.807) is 0 Å². The largest absolute Gasteiger partial charge is 0.481 e. The van der Waals surface area contributed by atoms with E-state index < -0.39 is 11.9 Å². The molecule has 2 N–H and O–H groups in total. The molecule has 21 heavy (non-hydrogen) atoms. The minimum atomic E-state index is -0.832. The van der Waals surface area contributed by atoms with Crippen molar-refractivity contribution in [1.29, 1.82) is 0 Å². The van der Waals surface area contributed by atoms with Gasteiger partial charge in [0.2, 0.25) is 5.91 Å². The van der Waals surface area contributed by atoms with Gasteiger partial charge in [-0.25, -0.2) is 0 Å². The Morgan fingerprint density at radius 3 is 2.52 bits per heavy atom. The van der Waals surface area contributed by atoms with Crippen molar-refractivity contribution in [3.8, 4) is 0 Å². The van der Waals surface area contributed by atoms with Gasteiger partial charge in [0.05, 0.1) is 11.8 Å². The van der Waals surface area contributed by atoms with Crippen LogP contribution in [0.1, 0.15) is 36.8 Å². The molecule has 0 radical (unpaired) electrons. The Balaban J connectivity index is 1.62. The molecule has 0 aliphatic heterocycles. The molecule has 3 rings (SSSR count). The van der Waals surface area contributed by atoms with Crippen LogP contribution in [0.25, 0.3) is 0 Å². The Morgan fingerprint density at radius 1 is 1.05 bits per heavy atom. The van der Waals surface area contributed by atoms with Gasteiger partial charge in [-0.15, -0.1) is 0 Å². The summed E-state index contributed by atoms with van der Waals surface area (Å²) in [6, 6.07) is 8.48. The Hall–Kier alpha value is -1.84. The molecule has 0 spiro atoms. The summed E-state index contributed by atoms with van der Waals surface area (Å²) in [7, 11) is 0. The third kappa shape index (κ3) is 2.94. The second kappa shape index (κ2) is 5.88. The van der Waals surface area contributed by atoms with E-state index in [0.717, 1.165) is 25.7 Å². The first-order valence-corrected chi connectivity index (χ1v) is 7.75. The summed E-state index contributed by atoms with van der Waals surface area (Å²) in [5, 5.41) is 12.3. The molecule has 0 aromatic heterocycles. The van der Waals surface area contributed by atoms with E-state index in [-0.39, 0.29) is 17.9 Å². The van der Waals surface area contributed by atoms with Gasteiger partial charge in [-0.3, -0.25) is 9.59 Å². The molecule has 0 bridgehead atoms. The van der Waals surface area contributed by atoms with Gasteiger partial charge >= 0.3 is 5.97 Å². The highest BCUT2D eigenvalue weighted by Gasteiger charge is 2.38. The lowest BCUT2D eigenvalue weighted by Gasteiger charge is -2.27. The number of hydrogen-bond acceptors (Lipinski definition) is 2. The molecular formula is C17H21NO3. The zero-order chi connectivity index (χ0) is 14.8. The Labute approximate surface area is 124 Å². The molecule has 0 heterocycles. The summed E-state index contributed by atoms with van der Waals surface area (Å²) in [5.74, 6) is -1.74. The Bertz CT molecular complexity index is 555. The van der Waals surface area contributed by atoms with Crippen molar-refractivity contribution in [2.75, 3.05) is 0 Å². The van der Waals surface area contributed by atoms with Crippen LogP contribution in [-0.4, -0.2) is 23.0 Å². The lowest BCUT2D eigenvalue weighted by Crippen LogP contribution is -2.43. The standard InChI is InChI=1S/C17H21NO3/c19-16(14-6-3-7-15(14)17(20)21)18-13-9-8-11-4-1-2-5-12(11)10-13/h1-2,4-5,13-15H,3,6-10H2,(H,18,19)(H,20,21). The summed E-state index contributed by atoms with van der Waals surface area (Å²) in [6.07, 6.45) is 4.93. The molecule has 2 aliphatic carbocycles. The number of nitrogens with one attached hydrogen (secondary N) is 1. The summed E-state index contributed by atoms with van der Waals surface area (Å²) < 4.78 is 0. The van der Waals surface area contributed by atoms with Gasteiger partial charge in [-0.05, 0) is 43.2 Å². The van der Waals surface area contributed by atoms with Crippen LogP contribution < -0.4 is 5.32 Å². The molecule has 1 aromatic rings. The molecule has 1 saturated carbocycles. The van der Waals surface area contributed by atoms with Gasteiger partial charge in [0.15, 0.2) is 0 Å². The molecule has 3 unspecified atom stereocenters. The third-order valence-electron chi connectivity index (χ3n) is 4.86. The monoisotopic (exact) mass is 287 g/mol. The van der Waals surface area contributed by atoms with Crippen LogP contribution in [0.5, 0.6) is 0 Å². The normalized spacial score (nSPS) is 27.9. The van der Waals surface area contributed by atoms with Crippen molar-refractivity contribution in [3.05, 3.63) is 35.4 Å². The number of hydrogen-bond donors (Lipinski definition) is 2. The van der Waals surface area contributed by atoms with E-state index in [1.807, 2.05) is 12.1 Å². The molecule has 4 heteroatoms. The first-order valence-electron chi connectivity index (χ1n) is 7.75. The van der Waals surface area contributed by atoms with Crippen LogP contribution in [0.2, 0.25) is 0 Å². The summed E-state index contributed by atoms with van der Waals surface area (Å²) >= 11 is 0. The highest BCUT2D eigenvalue weighted by molar-refractivity contribution is 5.85. The molecule has 4 nitrogen and oxygen atoms in total. The van der Waals surface area contributed by atoms with Crippen molar-refractivity contribution in [2.45, 2.75) is 44.6 Å². The first-order chi connectivity index (χ1) is 10.1. The van der Waals surface area contributed by atoms with Crippen molar-refractivity contribution >= 4 is 11.9 Å². The molecule has 112 valence electrons. The van der Waals surface area contributed by atoms with E-state index in [9.17, 15) is 14.7 Å². The van der Waals surface area contributed by atoms with E-state index in [4.69, 9.17) is 0 Å². The highest BCUT2D eigenvalue weighted by Crippen LogP contribution is 2.32. The van der Waals surface area contributed by atoms with Crippen molar-refractivity contribution in [3.63, 3.8) is 0 Å². The predicted molar refractivity (Wildman–Crippen MR) is 78.9 cm³/mol. The number of fused-ring (bicyclic) bond motifs is 1. The van der Waals surface area contributed by atoms with Gasteiger partial charge in [0.1, 0.15) is 0 Å². The van der Waals surface area contributed by atoms with Crippen LogP contribution in [-0.2, 0) is 22.4 Å². The topological polar surface area (TPSA) is 66.4 Å². The Kier molecular flexibility index (Phi) is 3.95. The van der Waals surface area contributed by atoms with E-state index in [1.165, 1.54) is 11.1 Å². The van der Waals surface area contributed by atoms with Crippen LogP contribution in [0.3, 0.4) is 0 Å². The summed E-state index contributed by atoms with van der Waals surface area (Å²) in [5.41, 5.74) is 2.67. The van der Waals surface area contributed by atoms with Crippen LogP contribution >= 0.6 is 0 Å². The van der Waals surface area contributed by atoms with Crippen LogP contribution in [0.4, 0.5) is 0 Å². The molecule has 3 atom stereocenters. The molecular weight excluding hydrogens is 266 g/mol. The number of amides is 1. The fourth-order valence-corrected chi connectivity index (χ4v) is 3.70. The molecule has 1 aromatic carbocycles. The lowest BCUT2D eigenvalue weighted by atomic mass is 9.87. The van der Waals surface area contributed by atoms with Gasteiger partial charge in [-0.2, -0.15) is 0 Å². The summed E-state index contributed by atoms with van der Waals surface area (Å²) in [6.45, 7) is 0. The maximum absolute atomic E-state index is 12.4. The number of rotatable bonds is 3.